The fourth-order valence-corrected chi connectivity index (χ4v) is 2.52. The van der Waals surface area contributed by atoms with Crippen molar-refractivity contribution >= 4 is 28.0 Å². The Hall–Kier alpha value is -2.27. The van der Waals surface area contributed by atoms with Gasteiger partial charge < -0.3 is 15.4 Å². The summed E-state index contributed by atoms with van der Waals surface area (Å²) in [6.45, 7) is 0.574. The van der Waals surface area contributed by atoms with Gasteiger partial charge in [-0.3, -0.25) is 0 Å². The zero-order chi connectivity index (χ0) is 16.5. The summed E-state index contributed by atoms with van der Waals surface area (Å²) in [4.78, 5) is 11.7. The highest BCUT2D eigenvalue weighted by Gasteiger charge is 1.99. The molecule has 0 unspecified atom stereocenters. The second-order valence-corrected chi connectivity index (χ2v) is 5.77. The minimum absolute atomic E-state index is 0.230. The first-order valence-corrected chi connectivity index (χ1v) is 8.06. The number of methoxy groups -OCH3 is 1. The van der Waals surface area contributed by atoms with Gasteiger partial charge in [0.05, 0.1) is 7.11 Å². The van der Waals surface area contributed by atoms with E-state index in [9.17, 15) is 4.79 Å². The van der Waals surface area contributed by atoms with Crippen molar-refractivity contribution in [3.8, 4) is 5.75 Å². The lowest BCUT2D eigenvalue weighted by Gasteiger charge is -2.06. The largest absolute Gasteiger partial charge is 0.496 e. The van der Waals surface area contributed by atoms with Crippen molar-refractivity contribution in [1.82, 2.24) is 10.6 Å². The summed E-state index contributed by atoms with van der Waals surface area (Å²) in [7, 11) is 1.62. The maximum absolute atomic E-state index is 11.7. The van der Waals surface area contributed by atoms with Crippen LogP contribution in [0.2, 0.25) is 0 Å². The Morgan fingerprint density at radius 1 is 1.22 bits per heavy atom. The van der Waals surface area contributed by atoms with Gasteiger partial charge in [0.15, 0.2) is 0 Å². The summed E-state index contributed by atoms with van der Waals surface area (Å²) in [6.07, 6.45) is 4.18. The molecule has 0 saturated heterocycles. The van der Waals surface area contributed by atoms with Gasteiger partial charge in [0, 0.05) is 22.8 Å². The lowest BCUT2D eigenvalue weighted by molar-refractivity contribution is 0.244. The Morgan fingerprint density at radius 2 is 2.04 bits per heavy atom. The lowest BCUT2D eigenvalue weighted by Crippen LogP contribution is -2.33. The summed E-state index contributed by atoms with van der Waals surface area (Å²) >= 11 is 3.43. The van der Waals surface area contributed by atoms with E-state index >= 15 is 0 Å². The van der Waals surface area contributed by atoms with Gasteiger partial charge in [-0.25, -0.2) is 4.79 Å². The molecule has 2 amide bonds. The molecule has 0 heterocycles. The second-order valence-electron chi connectivity index (χ2n) is 4.86. The Morgan fingerprint density at radius 3 is 2.83 bits per heavy atom. The molecule has 23 heavy (non-hydrogen) atoms. The predicted molar refractivity (Wildman–Crippen MR) is 96.4 cm³/mol. The van der Waals surface area contributed by atoms with E-state index in [-0.39, 0.29) is 6.03 Å². The first kappa shape index (κ1) is 17.1. The van der Waals surface area contributed by atoms with Gasteiger partial charge in [0.2, 0.25) is 0 Å². The van der Waals surface area contributed by atoms with Crippen LogP contribution in [0.15, 0.2) is 59.2 Å². The topological polar surface area (TPSA) is 50.4 Å². The monoisotopic (exact) mass is 374 g/mol. The average Bonchev–Trinajstić information content (AvgIpc) is 2.55. The molecule has 0 fully saturated rings. The van der Waals surface area contributed by atoms with Crippen molar-refractivity contribution in [2.75, 3.05) is 13.7 Å². The molecule has 0 bridgehead atoms. The highest BCUT2D eigenvalue weighted by molar-refractivity contribution is 9.10. The minimum Gasteiger partial charge on any atom is -0.496 e. The van der Waals surface area contributed by atoms with Crippen LogP contribution in [0.25, 0.3) is 6.08 Å². The summed E-state index contributed by atoms with van der Waals surface area (Å²) in [5.41, 5.74) is 2.08. The molecule has 0 spiro atoms. The van der Waals surface area contributed by atoms with Crippen LogP contribution in [0.5, 0.6) is 5.75 Å². The van der Waals surface area contributed by atoms with E-state index in [0.717, 1.165) is 22.2 Å². The number of ether oxygens (including phenoxy) is 1. The normalized spacial score (nSPS) is 10.5. The zero-order valence-electron chi connectivity index (χ0n) is 12.9. The number of urea groups is 1. The van der Waals surface area contributed by atoms with Crippen molar-refractivity contribution in [3.05, 3.63) is 70.3 Å². The minimum atomic E-state index is -0.230. The highest BCUT2D eigenvalue weighted by Crippen LogP contribution is 2.18. The van der Waals surface area contributed by atoms with E-state index in [1.54, 1.807) is 19.4 Å². The van der Waals surface area contributed by atoms with Crippen LogP contribution < -0.4 is 15.4 Å². The zero-order valence-corrected chi connectivity index (χ0v) is 14.5. The first-order chi connectivity index (χ1) is 11.2. The molecular weight excluding hydrogens is 356 g/mol. The molecule has 0 aliphatic carbocycles. The third-order valence-electron chi connectivity index (χ3n) is 3.20. The third kappa shape index (κ3) is 5.79. The molecule has 2 aromatic rings. The number of hydrogen-bond donors (Lipinski definition) is 2. The molecule has 5 heteroatoms. The van der Waals surface area contributed by atoms with E-state index < -0.39 is 0 Å². The fourth-order valence-electron chi connectivity index (χ4n) is 2.08. The summed E-state index contributed by atoms with van der Waals surface area (Å²) in [5, 5.41) is 5.50. The molecule has 0 saturated carbocycles. The third-order valence-corrected chi connectivity index (χ3v) is 3.70. The van der Waals surface area contributed by atoms with Crippen LogP contribution in [-0.4, -0.2) is 19.7 Å². The Labute approximate surface area is 144 Å². The van der Waals surface area contributed by atoms with Gasteiger partial charge in [0.25, 0.3) is 0 Å². The van der Waals surface area contributed by atoms with Crippen LogP contribution >= 0.6 is 15.9 Å². The Kier molecular flexibility index (Phi) is 6.69. The van der Waals surface area contributed by atoms with E-state index in [1.165, 1.54) is 5.56 Å². The van der Waals surface area contributed by atoms with Gasteiger partial charge in [0.1, 0.15) is 5.75 Å². The van der Waals surface area contributed by atoms with Crippen LogP contribution in [0, 0.1) is 0 Å². The SMILES string of the molecule is COc1ccccc1/C=C/NC(=O)NCCc1cccc(Br)c1. The van der Waals surface area contributed by atoms with Gasteiger partial charge in [-0.15, -0.1) is 0 Å². The summed E-state index contributed by atoms with van der Waals surface area (Å²) < 4.78 is 6.28. The van der Waals surface area contributed by atoms with Crippen molar-refractivity contribution < 1.29 is 9.53 Å². The van der Waals surface area contributed by atoms with Crippen LogP contribution in [-0.2, 0) is 6.42 Å². The van der Waals surface area contributed by atoms with Gasteiger partial charge in [-0.2, -0.15) is 0 Å². The molecular formula is C18H19BrN2O2. The smallest absolute Gasteiger partial charge is 0.318 e. The maximum atomic E-state index is 11.7. The number of rotatable bonds is 6. The number of hydrogen-bond acceptors (Lipinski definition) is 2. The summed E-state index contributed by atoms with van der Waals surface area (Å²) in [6, 6.07) is 15.4. The molecule has 0 atom stereocenters. The number of carbonyl (C=O) groups excluding carboxylic acids is 1. The summed E-state index contributed by atoms with van der Waals surface area (Å²) in [5.74, 6) is 0.764. The fraction of sp³-hybridized carbons (Fsp3) is 0.167. The molecule has 0 aliphatic heterocycles. The number of carbonyl (C=O) groups is 1. The van der Waals surface area contributed by atoms with E-state index in [2.05, 4.69) is 26.6 Å². The number of para-hydroxylation sites is 1. The molecule has 4 nitrogen and oxygen atoms in total. The van der Waals surface area contributed by atoms with Crippen molar-refractivity contribution in [2.24, 2.45) is 0 Å². The maximum Gasteiger partial charge on any atom is 0.318 e. The van der Waals surface area contributed by atoms with E-state index in [4.69, 9.17) is 4.74 Å². The van der Waals surface area contributed by atoms with Gasteiger partial charge in [-0.05, 0) is 36.3 Å². The Bertz CT molecular complexity index is 686. The van der Waals surface area contributed by atoms with E-state index in [0.29, 0.717) is 6.54 Å². The molecule has 2 N–H and O–H groups in total. The molecule has 0 aliphatic rings. The number of benzene rings is 2. The van der Waals surface area contributed by atoms with Crippen molar-refractivity contribution in [2.45, 2.75) is 6.42 Å². The van der Waals surface area contributed by atoms with E-state index in [1.807, 2.05) is 48.5 Å². The van der Waals surface area contributed by atoms with Gasteiger partial charge >= 0.3 is 6.03 Å². The lowest BCUT2D eigenvalue weighted by atomic mass is 10.1. The molecule has 120 valence electrons. The molecule has 2 aromatic carbocycles. The number of nitrogens with one attached hydrogen (secondary N) is 2. The Balaban J connectivity index is 1.75. The molecule has 2 rings (SSSR count). The number of amides is 2. The van der Waals surface area contributed by atoms with Crippen molar-refractivity contribution in [1.29, 1.82) is 0 Å². The van der Waals surface area contributed by atoms with Crippen LogP contribution in [0.3, 0.4) is 0 Å². The quantitative estimate of drug-likeness (QED) is 0.803. The first-order valence-electron chi connectivity index (χ1n) is 7.27. The molecule has 0 aromatic heterocycles. The standard InChI is InChI=1S/C18H19BrN2O2/c1-23-17-8-3-2-6-15(17)10-12-21-18(22)20-11-9-14-5-4-7-16(19)13-14/h2-8,10,12-13H,9,11H2,1H3,(H2,20,21,22)/b12-10+. The molecule has 0 radical (unpaired) electrons. The highest BCUT2D eigenvalue weighted by atomic mass is 79.9. The number of halogens is 1. The van der Waals surface area contributed by atoms with Crippen LogP contribution in [0.4, 0.5) is 4.79 Å². The van der Waals surface area contributed by atoms with Crippen LogP contribution in [0.1, 0.15) is 11.1 Å². The average molecular weight is 375 g/mol. The predicted octanol–water partition coefficient (Wildman–Crippen LogP) is 3.97. The van der Waals surface area contributed by atoms with Gasteiger partial charge in [-0.1, -0.05) is 46.3 Å². The van der Waals surface area contributed by atoms with Crippen molar-refractivity contribution in [3.63, 3.8) is 0 Å². The second kappa shape index (κ2) is 9.00.